The molecule has 1 aliphatic heterocycles. The molecule has 0 aromatic carbocycles. The van der Waals surface area contributed by atoms with Gasteiger partial charge in [-0.15, -0.1) is 11.8 Å². The van der Waals surface area contributed by atoms with Crippen LogP contribution in [0.3, 0.4) is 0 Å². The predicted molar refractivity (Wildman–Crippen MR) is 66.5 cm³/mol. The van der Waals surface area contributed by atoms with Crippen LogP contribution in [0.2, 0.25) is 0 Å². The molecule has 2 rings (SSSR count). The van der Waals surface area contributed by atoms with E-state index in [0.29, 0.717) is 17.3 Å². The molecule has 2 heterocycles. The molecular weight excluding hydrogens is 292 g/mol. The maximum Gasteiger partial charge on any atom is 0.245 e. The first kappa shape index (κ1) is 11.6. The van der Waals surface area contributed by atoms with Gasteiger partial charge in [0.1, 0.15) is 5.82 Å². The zero-order valence-electron chi connectivity index (χ0n) is 8.57. The van der Waals surface area contributed by atoms with E-state index in [0.717, 1.165) is 15.1 Å². The standard InChI is InChI=1S/C10H9BrN2O2S/c1-6-7(11)2-3-8(12-6)13-9(14)4-16-5-10(13)15/h2-3H,4-5H2,1H3. The normalized spacial score (nSPS) is 16.8. The number of nitrogens with zero attached hydrogens (tertiary/aromatic N) is 2. The largest absolute Gasteiger partial charge is 0.273 e. The number of thioether (sulfide) groups is 1. The van der Waals surface area contributed by atoms with E-state index in [-0.39, 0.29) is 11.8 Å². The number of amides is 2. The SMILES string of the molecule is Cc1nc(N2C(=O)CSCC2=O)ccc1Br. The molecule has 6 heteroatoms. The van der Waals surface area contributed by atoms with Crippen molar-refractivity contribution in [2.24, 2.45) is 0 Å². The molecule has 1 aliphatic rings. The molecule has 16 heavy (non-hydrogen) atoms. The summed E-state index contributed by atoms with van der Waals surface area (Å²) in [6.45, 7) is 1.82. The lowest BCUT2D eigenvalue weighted by Crippen LogP contribution is -2.43. The van der Waals surface area contributed by atoms with Gasteiger partial charge in [0.25, 0.3) is 0 Å². The fourth-order valence-electron chi connectivity index (χ4n) is 1.40. The van der Waals surface area contributed by atoms with Crippen LogP contribution in [-0.4, -0.2) is 28.3 Å². The molecule has 0 N–H and O–H groups in total. The second kappa shape index (κ2) is 4.55. The summed E-state index contributed by atoms with van der Waals surface area (Å²) in [5.41, 5.74) is 0.760. The topological polar surface area (TPSA) is 50.3 Å². The zero-order chi connectivity index (χ0) is 11.7. The molecule has 1 fully saturated rings. The number of hydrogen-bond acceptors (Lipinski definition) is 4. The molecule has 1 aromatic heterocycles. The first-order valence-corrected chi connectivity index (χ1v) is 6.61. The fraction of sp³-hybridized carbons (Fsp3) is 0.300. The van der Waals surface area contributed by atoms with E-state index in [1.807, 2.05) is 6.92 Å². The van der Waals surface area contributed by atoms with Crippen LogP contribution in [0.25, 0.3) is 0 Å². The highest BCUT2D eigenvalue weighted by Crippen LogP contribution is 2.22. The molecule has 0 radical (unpaired) electrons. The molecule has 2 amide bonds. The Morgan fingerprint density at radius 1 is 1.31 bits per heavy atom. The van der Waals surface area contributed by atoms with E-state index < -0.39 is 0 Å². The van der Waals surface area contributed by atoms with Gasteiger partial charge >= 0.3 is 0 Å². The molecule has 0 spiro atoms. The number of imide groups is 1. The Hall–Kier alpha value is -0.880. The van der Waals surface area contributed by atoms with Crippen molar-refractivity contribution in [2.45, 2.75) is 6.92 Å². The summed E-state index contributed by atoms with van der Waals surface area (Å²) in [5.74, 6) is 0.687. The first-order chi connectivity index (χ1) is 7.59. The number of aryl methyl sites for hydroxylation is 1. The second-order valence-corrected chi connectivity index (χ2v) is 5.19. The van der Waals surface area contributed by atoms with E-state index in [4.69, 9.17) is 0 Å². The number of halogens is 1. The summed E-state index contributed by atoms with van der Waals surface area (Å²) in [5, 5.41) is 0. The van der Waals surface area contributed by atoms with E-state index in [9.17, 15) is 9.59 Å². The second-order valence-electron chi connectivity index (χ2n) is 3.35. The minimum absolute atomic E-state index is 0.199. The van der Waals surface area contributed by atoms with E-state index >= 15 is 0 Å². The van der Waals surface area contributed by atoms with Crippen molar-refractivity contribution in [1.82, 2.24) is 4.98 Å². The molecule has 0 aliphatic carbocycles. The number of pyridine rings is 1. The molecule has 0 atom stereocenters. The highest BCUT2D eigenvalue weighted by atomic mass is 79.9. The van der Waals surface area contributed by atoms with Gasteiger partial charge in [-0.2, -0.15) is 0 Å². The summed E-state index contributed by atoms with van der Waals surface area (Å²) in [7, 11) is 0. The van der Waals surface area contributed by atoms with Crippen molar-refractivity contribution < 1.29 is 9.59 Å². The van der Waals surface area contributed by atoms with Crippen LogP contribution in [-0.2, 0) is 9.59 Å². The van der Waals surface area contributed by atoms with Crippen molar-refractivity contribution in [3.63, 3.8) is 0 Å². The van der Waals surface area contributed by atoms with Crippen LogP contribution >= 0.6 is 27.7 Å². The summed E-state index contributed by atoms with van der Waals surface area (Å²) < 4.78 is 0.863. The average Bonchev–Trinajstić information content (AvgIpc) is 2.23. The number of rotatable bonds is 1. The third kappa shape index (κ3) is 2.12. The van der Waals surface area contributed by atoms with E-state index in [1.54, 1.807) is 12.1 Å². The van der Waals surface area contributed by atoms with Gasteiger partial charge in [0.05, 0.1) is 17.2 Å². The monoisotopic (exact) mass is 300 g/mol. The molecule has 1 saturated heterocycles. The maximum atomic E-state index is 11.6. The predicted octanol–water partition coefficient (Wildman–Crippen LogP) is 1.76. The van der Waals surface area contributed by atoms with Crippen molar-refractivity contribution >= 4 is 45.3 Å². The van der Waals surface area contributed by atoms with E-state index in [1.165, 1.54) is 11.8 Å². The highest BCUT2D eigenvalue weighted by Gasteiger charge is 2.28. The smallest absolute Gasteiger partial charge is 0.245 e. The van der Waals surface area contributed by atoms with Crippen LogP contribution < -0.4 is 4.90 Å². The highest BCUT2D eigenvalue weighted by molar-refractivity contribution is 9.10. The van der Waals surface area contributed by atoms with Gasteiger partial charge in [0.15, 0.2) is 0 Å². The Morgan fingerprint density at radius 3 is 2.50 bits per heavy atom. The van der Waals surface area contributed by atoms with Gasteiger partial charge in [-0.1, -0.05) is 0 Å². The Morgan fingerprint density at radius 2 is 1.94 bits per heavy atom. The first-order valence-electron chi connectivity index (χ1n) is 4.66. The maximum absolute atomic E-state index is 11.6. The molecule has 0 unspecified atom stereocenters. The summed E-state index contributed by atoms with van der Waals surface area (Å²) in [4.78, 5) is 28.7. The summed E-state index contributed by atoms with van der Waals surface area (Å²) in [6.07, 6.45) is 0. The molecule has 84 valence electrons. The molecule has 0 saturated carbocycles. The summed E-state index contributed by atoms with van der Waals surface area (Å²) >= 11 is 4.67. The number of carbonyl (C=O) groups is 2. The summed E-state index contributed by atoms with van der Waals surface area (Å²) in [6, 6.07) is 3.46. The minimum atomic E-state index is -0.199. The van der Waals surface area contributed by atoms with Crippen LogP contribution in [0, 0.1) is 6.92 Å². The quantitative estimate of drug-likeness (QED) is 0.742. The Labute approximate surface area is 106 Å². The van der Waals surface area contributed by atoms with Crippen molar-refractivity contribution in [1.29, 1.82) is 0 Å². The average molecular weight is 301 g/mol. The van der Waals surface area contributed by atoms with Gasteiger partial charge < -0.3 is 0 Å². The molecule has 1 aromatic rings. The third-order valence-electron chi connectivity index (χ3n) is 2.19. The van der Waals surface area contributed by atoms with Crippen molar-refractivity contribution in [2.75, 3.05) is 16.4 Å². The zero-order valence-corrected chi connectivity index (χ0v) is 11.0. The van der Waals surface area contributed by atoms with Crippen molar-refractivity contribution in [3.8, 4) is 0 Å². The number of hydrogen-bond donors (Lipinski definition) is 0. The Balaban J connectivity index is 2.38. The van der Waals surface area contributed by atoms with Gasteiger partial charge in [0, 0.05) is 4.47 Å². The lowest BCUT2D eigenvalue weighted by Gasteiger charge is -2.23. The van der Waals surface area contributed by atoms with Gasteiger partial charge in [-0.25, -0.2) is 9.88 Å². The third-order valence-corrected chi connectivity index (χ3v) is 3.93. The lowest BCUT2D eigenvalue weighted by molar-refractivity contribution is -0.124. The van der Waals surface area contributed by atoms with Crippen LogP contribution in [0.5, 0.6) is 0 Å². The van der Waals surface area contributed by atoms with Crippen LogP contribution in [0.4, 0.5) is 5.82 Å². The Kier molecular flexibility index (Phi) is 3.30. The van der Waals surface area contributed by atoms with Crippen LogP contribution in [0.15, 0.2) is 16.6 Å². The molecular formula is C10H9BrN2O2S. The van der Waals surface area contributed by atoms with Gasteiger partial charge in [-0.05, 0) is 35.0 Å². The van der Waals surface area contributed by atoms with Gasteiger partial charge in [0.2, 0.25) is 11.8 Å². The number of anilines is 1. The Bertz CT molecular complexity index is 448. The number of carbonyl (C=O) groups excluding carboxylic acids is 2. The number of aromatic nitrogens is 1. The van der Waals surface area contributed by atoms with E-state index in [2.05, 4.69) is 20.9 Å². The molecule has 0 bridgehead atoms. The fourth-order valence-corrected chi connectivity index (χ4v) is 2.34. The van der Waals surface area contributed by atoms with Crippen molar-refractivity contribution in [3.05, 3.63) is 22.3 Å². The lowest BCUT2D eigenvalue weighted by atomic mass is 10.3. The van der Waals surface area contributed by atoms with Crippen LogP contribution in [0.1, 0.15) is 5.69 Å². The van der Waals surface area contributed by atoms with Gasteiger partial charge in [-0.3, -0.25) is 9.59 Å². The molecule has 4 nitrogen and oxygen atoms in total. The minimum Gasteiger partial charge on any atom is -0.273 e.